The molecule has 3 heteroatoms. The molecule has 6 fully saturated rings. The molecule has 1 aromatic heterocycles. The minimum absolute atomic E-state index is 0.134. The van der Waals surface area contributed by atoms with Crippen LogP contribution in [-0.4, -0.2) is 0 Å². The normalized spacial score (nSPS) is 30.4. The summed E-state index contributed by atoms with van der Waals surface area (Å²) in [4.78, 5) is 2.40. The predicted octanol–water partition coefficient (Wildman–Crippen LogP) is 17.0. The molecule has 7 aliphatic rings. The summed E-state index contributed by atoms with van der Waals surface area (Å²) in [5.74, 6) is 5.92. The van der Waals surface area contributed by atoms with Gasteiger partial charge in [0.2, 0.25) is 0 Å². The lowest BCUT2D eigenvalue weighted by Crippen LogP contribution is -2.58. The molecule has 3 nitrogen and oxygen atoms in total. The second-order valence-electron chi connectivity index (χ2n) is 21.9. The Hall–Kier alpha value is -5.90. The smallest absolute Gasteiger partial charge is 0.143 e. The second kappa shape index (κ2) is 14.8. The second-order valence-corrected chi connectivity index (χ2v) is 21.9. The maximum absolute atomic E-state index is 8.21. The van der Waals surface area contributed by atoms with Crippen LogP contribution in [0.15, 0.2) is 168 Å². The Balaban J connectivity index is 0.848. The number of hydrogen-bond donors (Lipinski definition) is 0. The average Bonchev–Trinajstić information content (AvgIpc) is 3.88. The highest BCUT2D eigenvalue weighted by Gasteiger charge is 2.69. The number of furan rings is 1. The predicted molar refractivity (Wildman–Crippen MR) is 270 cm³/mol. The summed E-state index contributed by atoms with van der Waals surface area (Å²) in [7, 11) is 0. The van der Waals surface area contributed by atoms with Gasteiger partial charge in [0.15, 0.2) is 0 Å². The molecule has 15 rings (SSSR count). The van der Waals surface area contributed by atoms with E-state index in [0.29, 0.717) is 23.7 Å². The number of para-hydroxylation sites is 2. The van der Waals surface area contributed by atoms with Crippen LogP contribution < -0.4 is 4.90 Å². The average molecular weight is 862 g/mol. The number of ether oxygens (including phenoxy) is 1. The molecule has 6 saturated carbocycles. The largest absolute Gasteiger partial charge is 0.455 e. The number of hydrogen-bond acceptors (Lipinski definition) is 3. The van der Waals surface area contributed by atoms with Crippen molar-refractivity contribution in [2.75, 3.05) is 4.90 Å². The molecule has 7 aromatic carbocycles. The molecule has 0 radical (unpaired) electrons. The molecule has 5 unspecified atom stereocenters. The van der Waals surface area contributed by atoms with Crippen molar-refractivity contribution in [1.29, 1.82) is 0 Å². The van der Waals surface area contributed by atoms with Crippen LogP contribution in [0.4, 0.5) is 17.1 Å². The molecule has 8 aromatic rings. The third-order valence-electron chi connectivity index (χ3n) is 18.1. The third-order valence-corrected chi connectivity index (χ3v) is 18.1. The van der Waals surface area contributed by atoms with Gasteiger partial charge in [0.1, 0.15) is 22.4 Å². The summed E-state index contributed by atoms with van der Waals surface area (Å²) in [5.41, 5.74) is 15.4. The van der Waals surface area contributed by atoms with Crippen molar-refractivity contribution in [3.8, 4) is 33.4 Å². The van der Waals surface area contributed by atoms with Gasteiger partial charge in [0.05, 0.1) is 0 Å². The monoisotopic (exact) mass is 861 g/mol. The molecule has 5 atom stereocenters. The fraction of sp³-hybridized carbons (Fsp3) is 0.333. The third kappa shape index (κ3) is 5.84. The summed E-state index contributed by atoms with van der Waals surface area (Å²) >= 11 is 0. The van der Waals surface area contributed by atoms with Gasteiger partial charge in [0.25, 0.3) is 0 Å². The van der Waals surface area contributed by atoms with Crippen molar-refractivity contribution in [3.05, 3.63) is 175 Å². The first kappa shape index (κ1) is 39.3. The van der Waals surface area contributed by atoms with Gasteiger partial charge < -0.3 is 14.1 Å². The van der Waals surface area contributed by atoms with Gasteiger partial charge in [-0.05, 0) is 193 Å². The zero-order valence-corrected chi connectivity index (χ0v) is 38.3. The van der Waals surface area contributed by atoms with Crippen molar-refractivity contribution in [1.82, 2.24) is 0 Å². The lowest BCUT2D eigenvalue weighted by Gasteiger charge is -2.62. The standard InChI is InChI=1S/C63H59NO2/c1-39-29-41-31-40(2)62(49(30-39)33-41)58-28-21-48(38-59(58)63(66-62)50-34-42-32-43(36-50)37-51(63)35-42)46-17-24-53(25-18-46)64(52-22-15-45(16-23-52)44-9-4-3-5-10-44)54-26-19-47(20-27-54)55-12-8-13-57-56-11-6-7-14-60(56)65-61(55)57/h3-28,38-43,49-51H,29-37H2,1-2H3. The molecule has 6 aliphatic carbocycles. The first-order chi connectivity index (χ1) is 32.4. The summed E-state index contributed by atoms with van der Waals surface area (Å²) in [5, 5.41) is 2.30. The number of benzene rings is 7. The van der Waals surface area contributed by atoms with E-state index in [0.717, 1.165) is 73.8 Å². The van der Waals surface area contributed by atoms with Crippen LogP contribution in [0.5, 0.6) is 0 Å². The van der Waals surface area contributed by atoms with Crippen molar-refractivity contribution < 1.29 is 9.15 Å². The van der Waals surface area contributed by atoms with Gasteiger partial charge >= 0.3 is 0 Å². The summed E-state index contributed by atoms with van der Waals surface area (Å²) in [6, 6.07) is 60.6. The Morgan fingerprint density at radius 2 is 0.970 bits per heavy atom. The van der Waals surface area contributed by atoms with E-state index >= 15 is 0 Å². The van der Waals surface area contributed by atoms with E-state index < -0.39 is 0 Å². The highest BCUT2D eigenvalue weighted by Crippen LogP contribution is 2.72. The Morgan fingerprint density at radius 3 is 1.65 bits per heavy atom. The Kier molecular flexibility index (Phi) is 8.81. The molecule has 66 heavy (non-hydrogen) atoms. The molecule has 0 amide bonds. The lowest BCUT2D eigenvalue weighted by atomic mass is 9.48. The van der Waals surface area contributed by atoms with E-state index in [1.54, 1.807) is 11.1 Å². The van der Waals surface area contributed by atoms with Crippen LogP contribution in [0.1, 0.15) is 82.8 Å². The quantitative estimate of drug-likeness (QED) is 0.167. The Labute approximate surface area is 389 Å². The van der Waals surface area contributed by atoms with Gasteiger partial charge in [-0.15, -0.1) is 0 Å². The molecule has 328 valence electrons. The fourth-order valence-electron chi connectivity index (χ4n) is 15.8. The molecular formula is C63H59NO2. The van der Waals surface area contributed by atoms with Crippen molar-refractivity contribution >= 4 is 39.0 Å². The molecular weight excluding hydrogens is 803 g/mol. The minimum Gasteiger partial charge on any atom is -0.455 e. The van der Waals surface area contributed by atoms with Crippen molar-refractivity contribution in [2.24, 2.45) is 47.3 Å². The van der Waals surface area contributed by atoms with Crippen molar-refractivity contribution in [3.63, 3.8) is 0 Å². The van der Waals surface area contributed by atoms with E-state index in [2.05, 4.69) is 176 Å². The first-order valence-electron chi connectivity index (χ1n) is 25.3. The van der Waals surface area contributed by atoms with E-state index in [9.17, 15) is 0 Å². The van der Waals surface area contributed by atoms with Gasteiger partial charge in [-0.25, -0.2) is 0 Å². The molecule has 2 spiro atoms. The summed E-state index contributed by atoms with van der Waals surface area (Å²) in [6.07, 6.45) is 12.3. The van der Waals surface area contributed by atoms with E-state index in [4.69, 9.17) is 9.15 Å². The Morgan fingerprint density at radius 1 is 0.424 bits per heavy atom. The zero-order chi connectivity index (χ0) is 43.7. The SMILES string of the molecule is CC1CC2CC(C)C3(OC4(c5cc(-c6ccc(N(c7ccc(-c8ccccc8)cc7)c7ccc(-c8cccc9c8oc8ccccc89)cc7)cc6)ccc53)C3CC5CC(C3)CC4C5)C(C1)C2. The number of anilines is 3. The lowest BCUT2D eigenvalue weighted by molar-refractivity contribution is -0.290. The zero-order valence-electron chi connectivity index (χ0n) is 38.3. The molecule has 6 bridgehead atoms. The maximum Gasteiger partial charge on any atom is 0.143 e. The van der Waals surface area contributed by atoms with E-state index in [1.165, 1.54) is 80.0 Å². The minimum atomic E-state index is -0.150. The van der Waals surface area contributed by atoms with Crippen LogP contribution in [0, 0.1) is 47.3 Å². The van der Waals surface area contributed by atoms with Crippen molar-refractivity contribution in [2.45, 2.75) is 82.8 Å². The molecule has 2 heterocycles. The maximum atomic E-state index is 8.21. The highest BCUT2D eigenvalue weighted by atomic mass is 16.5. The summed E-state index contributed by atoms with van der Waals surface area (Å²) < 4.78 is 14.7. The first-order valence-corrected chi connectivity index (χ1v) is 25.3. The molecule has 0 N–H and O–H groups in total. The van der Waals surface area contributed by atoms with Crippen LogP contribution in [-0.2, 0) is 15.9 Å². The number of rotatable bonds is 6. The van der Waals surface area contributed by atoms with E-state index in [-0.39, 0.29) is 11.2 Å². The fourth-order valence-corrected chi connectivity index (χ4v) is 15.8. The van der Waals surface area contributed by atoms with Gasteiger partial charge in [0, 0.05) is 33.4 Å². The highest BCUT2D eigenvalue weighted by molar-refractivity contribution is 6.09. The van der Waals surface area contributed by atoms with Gasteiger partial charge in [-0.2, -0.15) is 0 Å². The van der Waals surface area contributed by atoms with Gasteiger partial charge in [-0.1, -0.05) is 129 Å². The van der Waals surface area contributed by atoms with Crippen LogP contribution in [0.25, 0.3) is 55.3 Å². The van der Waals surface area contributed by atoms with Crippen LogP contribution in [0.3, 0.4) is 0 Å². The summed E-state index contributed by atoms with van der Waals surface area (Å²) in [6.45, 7) is 5.08. The Bertz CT molecular complexity index is 3100. The number of nitrogens with zero attached hydrogens (tertiary/aromatic N) is 1. The number of fused-ring (bicyclic) bond motifs is 8. The topological polar surface area (TPSA) is 25.6 Å². The molecule has 0 saturated heterocycles. The van der Waals surface area contributed by atoms with Crippen LogP contribution in [0.2, 0.25) is 0 Å². The van der Waals surface area contributed by atoms with Gasteiger partial charge in [-0.3, -0.25) is 0 Å². The van der Waals surface area contributed by atoms with Crippen LogP contribution >= 0.6 is 0 Å². The van der Waals surface area contributed by atoms with E-state index in [1.807, 2.05) is 6.07 Å². The molecule has 1 aliphatic heterocycles.